The molecule has 5 heteroatoms. The molecule has 1 fully saturated rings. The van der Waals surface area contributed by atoms with E-state index in [0.717, 1.165) is 17.8 Å². The lowest BCUT2D eigenvalue weighted by Gasteiger charge is -2.08. The molecule has 0 atom stereocenters. The Morgan fingerprint density at radius 1 is 1.40 bits per heavy atom. The Morgan fingerprint density at radius 2 is 2.25 bits per heavy atom. The lowest BCUT2D eigenvalue weighted by atomic mass is 10.1. The Hall–Kier alpha value is -1.88. The Kier molecular flexibility index (Phi) is 3.69. The van der Waals surface area contributed by atoms with Crippen LogP contribution in [0.2, 0.25) is 0 Å². The predicted molar refractivity (Wildman–Crippen MR) is 73.9 cm³/mol. The van der Waals surface area contributed by atoms with Crippen LogP contribution in [0.5, 0.6) is 5.88 Å². The van der Waals surface area contributed by atoms with Crippen molar-refractivity contribution < 1.29 is 9.13 Å². The molecule has 1 aromatic carbocycles. The average molecular weight is 275 g/mol. The number of aromatic amines is 1. The summed E-state index contributed by atoms with van der Waals surface area (Å²) in [4.78, 5) is 0. The standard InChI is InChI=1S/C15H18FN3O/c1-10-6-15(19-18-10)20-9-12-7-11(2-5-14(12)16)8-17-13-3-4-13/h2,5-7,13,17H,3-4,8-9H2,1H3,(H,18,19). The lowest BCUT2D eigenvalue weighted by molar-refractivity contribution is 0.287. The minimum atomic E-state index is -0.243. The molecule has 1 aliphatic carbocycles. The van der Waals surface area contributed by atoms with Crippen molar-refractivity contribution in [3.05, 3.63) is 46.9 Å². The quantitative estimate of drug-likeness (QED) is 0.852. The van der Waals surface area contributed by atoms with Gasteiger partial charge in [0, 0.05) is 29.9 Å². The van der Waals surface area contributed by atoms with Gasteiger partial charge in [-0.15, -0.1) is 5.10 Å². The molecule has 0 bridgehead atoms. The number of nitrogens with zero attached hydrogens (tertiary/aromatic N) is 1. The number of aryl methyl sites for hydroxylation is 1. The summed E-state index contributed by atoms with van der Waals surface area (Å²) in [6.07, 6.45) is 2.49. The van der Waals surface area contributed by atoms with Crippen molar-refractivity contribution in [3.8, 4) is 5.88 Å². The third-order valence-electron chi connectivity index (χ3n) is 3.34. The van der Waals surface area contributed by atoms with Gasteiger partial charge in [-0.1, -0.05) is 6.07 Å². The highest BCUT2D eigenvalue weighted by molar-refractivity contribution is 5.25. The Labute approximate surface area is 117 Å². The number of hydrogen-bond donors (Lipinski definition) is 2. The molecule has 1 saturated carbocycles. The Morgan fingerprint density at radius 3 is 2.95 bits per heavy atom. The van der Waals surface area contributed by atoms with Crippen LogP contribution in [-0.2, 0) is 13.2 Å². The molecule has 0 unspecified atom stereocenters. The number of benzene rings is 1. The first-order valence-corrected chi connectivity index (χ1v) is 6.86. The normalized spacial score (nSPS) is 14.5. The minimum Gasteiger partial charge on any atom is -0.472 e. The van der Waals surface area contributed by atoms with Crippen molar-refractivity contribution >= 4 is 0 Å². The van der Waals surface area contributed by atoms with Crippen LogP contribution < -0.4 is 10.1 Å². The van der Waals surface area contributed by atoms with Gasteiger partial charge in [0.15, 0.2) is 0 Å². The number of halogens is 1. The van der Waals surface area contributed by atoms with Crippen LogP contribution >= 0.6 is 0 Å². The van der Waals surface area contributed by atoms with Crippen LogP contribution in [0, 0.1) is 12.7 Å². The van der Waals surface area contributed by atoms with Gasteiger partial charge in [-0.25, -0.2) is 4.39 Å². The summed E-state index contributed by atoms with van der Waals surface area (Å²) in [6, 6.07) is 7.60. The summed E-state index contributed by atoms with van der Waals surface area (Å²) >= 11 is 0. The zero-order chi connectivity index (χ0) is 13.9. The first-order valence-electron chi connectivity index (χ1n) is 6.86. The van der Waals surface area contributed by atoms with Crippen LogP contribution in [0.4, 0.5) is 4.39 Å². The molecular formula is C15H18FN3O. The van der Waals surface area contributed by atoms with Gasteiger partial charge >= 0.3 is 0 Å². The monoisotopic (exact) mass is 275 g/mol. The van der Waals surface area contributed by atoms with E-state index in [1.54, 1.807) is 6.07 Å². The van der Waals surface area contributed by atoms with Crippen LogP contribution in [0.1, 0.15) is 29.7 Å². The van der Waals surface area contributed by atoms with Gasteiger partial charge in [-0.2, -0.15) is 0 Å². The SMILES string of the molecule is Cc1cc(OCc2cc(CNC3CC3)ccc2F)n[nH]1. The van der Waals surface area contributed by atoms with Crippen molar-refractivity contribution in [2.24, 2.45) is 0 Å². The maximum atomic E-state index is 13.8. The topological polar surface area (TPSA) is 49.9 Å². The summed E-state index contributed by atoms with van der Waals surface area (Å²) in [7, 11) is 0. The fraction of sp³-hybridized carbons (Fsp3) is 0.400. The van der Waals surface area contributed by atoms with E-state index in [1.807, 2.05) is 19.1 Å². The average Bonchev–Trinajstić information content (AvgIpc) is 3.18. The number of hydrogen-bond acceptors (Lipinski definition) is 3. The van der Waals surface area contributed by atoms with Crippen LogP contribution in [-0.4, -0.2) is 16.2 Å². The van der Waals surface area contributed by atoms with Gasteiger partial charge in [0.1, 0.15) is 12.4 Å². The number of H-pyrrole nitrogens is 1. The Bertz CT molecular complexity index is 593. The van der Waals surface area contributed by atoms with E-state index >= 15 is 0 Å². The van der Waals surface area contributed by atoms with Gasteiger partial charge in [0.05, 0.1) is 0 Å². The number of nitrogens with one attached hydrogen (secondary N) is 2. The maximum absolute atomic E-state index is 13.8. The predicted octanol–water partition coefficient (Wildman–Crippen LogP) is 2.69. The van der Waals surface area contributed by atoms with Gasteiger partial charge in [-0.3, -0.25) is 5.10 Å². The largest absolute Gasteiger partial charge is 0.472 e. The highest BCUT2D eigenvalue weighted by Crippen LogP contribution is 2.20. The molecule has 0 amide bonds. The highest BCUT2D eigenvalue weighted by Gasteiger charge is 2.20. The number of aromatic nitrogens is 2. The summed E-state index contributed by atoms with van der Waals surface area (Å²) in [5, 5.41) is 10.2. The van der Waals surface area contributed by atoms with Gasteiger partial charge in [0.2, 0.25) is 5.88 Å². The van der Waals surface area contributed by atoms with Gasteiger partial charge < -0.3 is 10.1 Å². The highest BCUT2D eigenvalue weighted by atomic mass is 19.1. The summed E-state index contributed by atoms with van der Waals surface area (Å²) in [6.45, 7) is 2.86. The fourth-order valence-electron chi connectivity index (χ4n) is 2.02. The smallest absolute Gasteiger partial charge is 0.233 e. The summed E-state index contributed by atoms with van der Waals surface area (Å²) in [5.74, 6) is 0.246. The molecule has 0 saturated heterocycles. The van der Waals surface area contributed by atoms with Gasteiger partial charge in [-0.05, 0) is 37.5 Å². The maximum Gasteiger partial charge on any atom is 0.233 e. The van der Waals surface area contributed by atoms with E-state index in [9.17, 15) is 4.39 Å². The third kappa shape index (κ3) is 3.36. The van der Waals surface area contributed by atoms with E-state index < -0.39 is 0 Å². The zero-order valence-electron chi connectivity index (χ0n) is 11.4. The van der Waals surface area contributed by atoms with Gasteiger partial charge in [0.25, 0.3) is 0 Å². The molecular weight excluding hydrogens is 257 g/mol. The second-order valence-corrected chi connectivity index (χ2v) is 5.26. The third-order valence-corrected chi connectivity index (χ3v) is 3.34. The van der Waals surface area contributed by atoms with E-state index in [0.29, 0.717) is 17.5 Å². The van der Waals surface area contributed by atoms with E-state index in [4.69, 9.17) is 4.74 Å². The molecule has 0 spiro atoms. The van der Waals surface area contributed by atoms with Crippen molar-refractivity contribution in [2.75, 3.05) is 0 Å². The molecule has 20 heavy (non-hydrogen) atoms. The molecule has 1 aromatic heterocycles. The molecule has 1 aliphatic rings. The minimum absolute atomic E-state index is 0.188. The van der Waals surface area contributed by atoms with Crippen LogP contribution in [0.25, 0.3) is 0 Å². The van der Waals surface area contributed by atoms with Crippen molar-refractivity contribution in [2.45, 2.75) is 39.0 Å². The second kappa shape index (κ2) is 5.63. The first kappa shape index (κ1) is 13.1. The van der Waals surface area contributed by atoms with E-state index in [1.165, 1.54) is 18.9 Å². The van der Waals surface area contributed by atoms with Crippen molar-refractivity contribution in [3.63, 3.8) is 0 Å². The molecule has 2 N–H and O–H groups in total. The number of rotatable bonds is 6. The number of ether oxygens (including phenoxy) is 1. The molecule has 1 heterocycles. The zero-order valence-corrected chi connectivity index (χ0v) is 11.4. The van der Waals surface area contributed by atoms with Crippen molar-refractivity contribution in [1.82, 2.24) is 15.5 Å². The van der Waals surface area contributed by atoms with Crippen LogP contribution in [0.15, 0.2) is 24.3 Å². The summed E-state index contributed by atoms with van der Waals surface area (Å²) in [5.41, 5.74) is 2.55. The molecule has 0 aliphatic heterocycles. The molecule has 0 radical (unpaired) electrons. The molecule has 2 aromatic rings. The van der Waals surface area contributed by atoms with E-state index in [2.05, 4.69) is 15.5 Å². The Balaban J connectivity index is 1.62. The summed E-state index contributed by atoms with van der Waals surface area (Å²) < 4.78 is 19.2. The molecule has 106 valence electrons. The molecule has 3 rings (SSSR count). The van der Waals surface area contributed by atoms with Crippen LogP contribution in [0.3, 0.4) is 0 Å². The lowest BCUT2D eigenvalue weighted by Crippen LogP contribution is -2.15. The second-order valence-electron chi connectivity index (χ2n) is 5.26. The van der Waals surface area contributed by atoms with E-state index in [-0.39, 0.29) is 12.4 Å². The fourth-order valence-corrected chi connectivity index (χ4v) is 2.02. The molecule has 4 nitrogen and oxygen atoms in total. The first-order chi connectivity index (χ1) is 9.70. The van der Waals surface area contributed by atoms with Crippen molar-refractivity contribution in [1.29, 1.82) is 0 Å².